The van der Waals surface area contributed by atoms with Gasteiger partial charge in [-0.1, -0.05) is 17.7 Å². The van der Waals surface area contributed by atoms with Crippen molar-refractivity contribution in [3.05, 3.63) is 68.0 Å². The molecule has 8 heteroatoms. The third-order valence-electron chi connectivity index (χ3n) is 3.64. The fourth-order valence-electron chi connectivity index (χ4n) is 2.37. The molecule has 0 aliphatic heterocycles. The van der Waals surface area contributed by atoms with E-state index in [1.165, 1.54) is 37.0 Å². The third kappa shape index (κ3) is 2.69. The molecule has 0 bridgehead atoms. The summed E-state index contributed by atoms with van der Waals surface area (Å²) in [5.74, 6) is -0.375. The number of nitrogens with zero attached hydrogens (tertiary/aromatic N) is 3. The van der Waals surface area contributed by atoms with Crippen LogP contribution in [0.15, 0.2) is 46.1 Å². The van der Waals surface area contributed by atoms with Crippen LogP contribution in [0.4, 0.5) is 5.69 Å². The van der Waals surface area contributed by atoms with Crippen molar-refractivity contribution in [2.45, 2.75) is 0 Å². The van der Waals surface area contributed by atoms with Gasteiger partial charge in [-0.25, -0.2) is 9.78 Å². The quantitative estimate of drug-likeness (QED) is 0.764. The van der Waals surface area contributed by atoms with Gasteiger partial charge in [0.15, 0.2) is 0 Å². The summed E-state index contributed by atoms with van der Waals surface area (Å²) in [6.45, 7) is 0. The van der Waals surface area contributed by atoms with E-state index in [-0.39, 0.29) is 16.9 Å². The lowest BCUT2D eigenvalue weighted by molar-refractivity contribution is 0.102. The van der Waals surface area contributed by atoms with Gasteiger partial charge in [-0.05, 0) is 24.3 Å². The van der Waals surface area contributed by atoms with Crippen molar-refractivity contribution in [2.75, 3.05) is 5.32 Å². The number of anilines is 1. The number of hydrogen-bond acceptors (Lipinski definition) is 4. The standard InChI is InChI=1S/C16H13ClN4O3/c1-20-13-12(15(23)21(2)16(20)24)7-11(8-18-13)19-14(22)9-4-3-5-10(17)6-9/h3-8H,1-2H3,(H,19,22). The molecule has 0 atom stereocenters. The molecule has 122 valence electrons. The molecule has 7 nitrogen and oxygen atoms in total. The van der Waals surface area contributed by atoms with Crippen LogP contribution in [-0.4, -0.2) is 20.0 Å². The number of benzene rings is 1. The topological polar surface area (TPSA) is 86.0 Å². The molecule has 3 rings (SSSR count). The van der Waals surface area contributed by atoms with E-state index in [0.29, 0.717) is 16.3 Å². The zero-order valence-corrected chi connectivity index (χ0v) is 13.7. The molecule has 0 spiro atoms. The maximum atomic E-state index is 12.2. The molecule has 3 aromatic rings. The Morgan fingerprint density at radius 2 is 1.92 bits per heavy atom. The second-order valence-corrected chi connectivity index (χ2v) is 5.70. The second kappa shape index (κ2) is 5.93. The minimum absolute atomic E-state index is 0.239. The summed E-state index contributed by atoms with van der Waals surface area (Å²) in [5, 5.41) is 3.35. The highest BCUT2D eigenvalue weighted by Crippen LogP contribution is 2.15. The first kappa shape index (κ1) is 15.9. The number of carbonyl (C=O) groups is 1. The number of aryl methyl sites for hydroxylation is 1. The van der Waals surface area contributed by atoms with E-state index in [1.807, 2.05) is 0 Å². The van der Waals surface area contributed by atoms with Gasteiger partial charge in [0.2, 0.25) is 0 Å². The predicted molar refractivity (Wildman–Crippen MR) is 91.6 cm³/mol. The lowest BCUT2D eigenvalue weighted by Gasteiger charge is -2.09. The largest absolute Gasteiger partial charge is 0.332 e. The van der Waals surface area contributed by atoms with E-state index >= 15 is 0 Å². The number of hydrogen-bond donors (Lipinski definition) is 1. The summed E-state index contributed by atoms with van der Waals surface area (Å²) in [6, 6.07) is 7.99. The summed E-state index contributed by atoms with van der Waals surface area (Å²) in [4.78, 5) is 40.5. The number of aromatic nitrogens is 3. The summed E-state index contributed by atoms with van der Waals surface area (Å²) in [5.41, 5.74) is 0.0539. The first-order valence-corrected chi connectivity index (χ1v) is 7.39. The average molecular weight is 345 g/mol. The Morgan fingerprint density at radius 1 is 1.17 bits per heavy atom. The zero-order chi connectivity index (χ0) is 17.4. The van der Waals surface area contributed by atoms with Crippen molar-refractivity contribution in [2.24, 2.45) is 14.1 Å². The van der Waals surface area contributed by atoms with Crippen LogP contribution in [0.5, 0.6) is 0 Å². The number of halogens is 1. The van der Waals surface area contributed by atoms with Crippen molar-refractivity contribution in [1.29, 1.82) is 0 Å². The number of carbonyl (C=O) groups excluding carboxylic acids is 1. The van der Waals surface area contributed by atoms with E-state index in [1.54, 1.807) is 18.2 Å². The maximum absolute atomic E-state index is 12.2. The highest BCUT2D eigenvalue weighted by atomic mass is 35.5. The van der Waals surface area contributed by atoms with Crippen molar-refractivity contribution in [3.63, 3.8) is 0 Å². The van der Waals surface area contributed by atoms with Gasteiger partial charge in [0.1, 0.15) is 5.65 Å². The summed E-state index contributed by atoms with van der Waals surface area (Å²) in [6.07, 6.45) is 1.39. The first-order valence-electron chi connectivity index (χ1n) is 7.01. The molecule has 1 aromatic carbocycles. The minimum atomic E-state index is -0.473. The lowest BCUT2D eigenvalue weighted by Crippen LogP contribution is -2.37. The lowest BCUT2D eigenvalue weighted by atomic mass is 10.2. The van der Waals surface area contributed by atoms with Crippen molar-refractivity contribution in [3.8, 4) is 0 Å². The molecule has 0 unspecified atom stereocenters. The van der Waals surface area contributed by atoms with Crippen LogP contribution in [0.2, 0.25) is 5.02 Å². The van der Waals surface area contributed by atoms with Gasteiger partial charge in [-0.3, -0.25) is 18.7 Å². The number of nitrogens with one attached hydrogen (secondary N) is 1. The van der Waals surface area contributed by atoms with Crippen molar-refractivity contribution < 1.29 is 4.79 Å². The fourth-order valence-corrected chi connectivity index (χ4v) is 2.56. The Bertz CT molecular complexity index is 1080. The molecule has 0 fully saturated rings. The van der Waals surface area contributed by atoms with Crippen LogP contribution in [0, 0.1) is 0 Å². The van der Waals surface area contributed by atoms with E-state index in [9.17, 15) is 14.4 Å². The van der Waals surface area contributed by atoms with E-state index < -0.39 is 11.2 Å². The number of amides is 1. The molecule has 0 aliphatic carbocycles. The number of pyridine rings is 1. The Balaban J connectivity index is 2.04. The second-order valence-electron chi connectivity index (χ2n) is 5.27. The summed E-state index contributed by atoms with van der Waals surface area (Å²) in [7, 11) is 2.92. The number of rotatable bonds is 2. The SMILES string of the molecule is Cn1c(=O)c2cc(NC(=O)c3cccc(Cl)c3)cnc2n(C)c1=O. The summed E-state index contributed by atoms with van der Waals surface area (Å²) >= 11 is 5.87. The van der Waals surface area contributed by atoms with Gasteiger partial charge in [0, 0.05) is 24.7 Å². The molecule has 2 heterocycles. The molecule has 24 heavy (non-hydrogen) atoms. The number of fused-ring (bicyclic) bond motifs is 1. The Morgan fingerprint density at radius 3 is 2.62 bits per heavy atom. The molecule has 0 aliphatic rings. The molecular weight excluding hydrogens is 332 g/mol. The first-order chi connectivity index (χ1) is 11.4. The van der Waals surface area contributed by atoms with Gasteiger partial charge in [0.05, 0.1) is 17.3 Å². The van der Waals surface area contributed by atoms with Crippen LogP contribution in [0.25, 0.3) is 11.0 Å². The molecule has 2 aromatic heterocycles. The van der Waals surface area contributed by atoms with E-state index in [2.05, 4.69) is 10.3 Å². The van der Waals surface area contributed by atoms with Gasteiger partial charge < -0.3 is 5.32 Å². The predicted octanol–water partition coefficient (Wildman–Crippen LogP) is 1.54. The highest BCUT2D eigenvalue weighted by Gasteiger charge is 2.12. The van der Waals surface area contributed by atoms with Crippen molar-refractivity contribution in [1.82, 2.24) is 14.1 Å². The van der Waals surface area contributed by atoms with E-state index in [4.69, 9.17) is 11.6 Å². The van der Waals surface area contributed by atoms with Crippen LogP contribution in [0.1, 0.15) is 10.4 Å². The third-order valence-corrected chi connectivity index (χ3v) is 3.87. The molecule has 0 saturated carbocycles. The Hall–Kier alpha value is -2.93. The van der Waals surface area contributed by atoms with Crippen LogP contribution < -0.4 is 16.6 Å². The Labute approximate surface area is 141 Å². The molecule has 1 N–H and O–H groups in total. The molecule has 0 saturated heterocycles. The molecule has 1 amide bonds. The minimum Gasteiger partial charge on any atom is -0.321 e. The fraction of sp³-hybridized carbons (Fsp3) is 0.125. The van der Waals surface area contributed by atoms with Gasteiger partial charge in [0.25, 0.3) is 11.5 Å². The van der Waals surface area contributed by atoms with Crippen LogP contribution in [-0.2, 0) is 14.1 Å². The highest BCUT2D eigenvalue weighted by molar-refractivity contribution is 6.31. The summed E-state index contributed by atoms with van der Waals surface area (Å²) < 4.78 is 2.27. The van der Waals surface area contributed by atoms with Gasteiger partial charge >= 0.3 is 5.69 Å². The van der Waals surface area contributed by atoms with Crippen molar-refractivity contribution >= 4 is 34.2 Å². The monoisotopic (exact) mass is 344 g/mol. The van der Waals surface area contributed by atoms with Gasteiger partial charge in [-0.2, -0.15) is 0 Å². The maximum Gasteiger partial charge on any atom is 0.332 e. The average Bonchev–Trinajstić information content (AvgIpc) is 2.58. The Kier molecular flexibility index (Phi) is 3.94. The zero-order valence-electron chi connectivity index (χ0n) is 12.9. The van der Waals surface area contributed by atoms with Crippen LogP contribution in [0.3, 0.4) is 0 Å². The molecule has 0 radical (unpaired) electrons. The molecular formula is C16H13ClN4O3. The van der Waals surface area contributed by atoms with Gasteiger partial charge in [-0.15, -0.1) is 0 Å². The van der Waals surface area contributed by atoms with Crippen LogP contribution >= 0.6 is 11.6 Å². The van der Waals surface area contributed by atoms with E-state index in [0.717, 1.165) is 4.57 Å². The normalized spacial score (nSPS) is 10.8. The smallest absolute Gasteiger partial charge is 0.321 e.